The van der Waals surface area contributed by atoms with Gasteiger partial charge in [0, 0.05) is 30.0 Å². The Balaban J connectivity index is 1.37. The van der Waals surface area contributed by atoms with Crippen molar-refractivity contribution >= 4 is 22.5 Å². The number of carbonyl (C=O) groups is 1. The van der Waals surface area contributed by atoms with Gasteiger partial charge in [0.2, 0.25) is 0 Å². The fraction of sp³-hybridized carbons (Fsp3) is 0.238. The number of methoxy groups -OCH3 is 1. The first-order valence-electron chi connectivity index (χ1n) is 8.94. The number of aromatic nitrogens is 1. The zero-order chi connectivity index (χ0) is 18.6. The van der Waals surface area contributed by atoms with Crippen LogP contribution in [0.2, 0.25) is 0 Å². The number of benzene rings is 2. The number of amides is 2. The van der Waals surface area contributed by atoms with Crippen LogP contribution in [0.15, 0.2) is 60.0 Å². The van der Waals surface area contributed by atoms with Crippen LogP contribution in [0.1, 0.15) is 17.9 Å². The molecule has 2 amide bonds. The van der Waals surface area contributed by atoms with Gasteiger partial charge in [-0.15, -0.1) is 11.3 Å². The predicted molar refractivity (Wildman–Crippen MR) is 108 cm³/mol. The molecular weight excluding hydrogens is 358 g/mol. The Kier molecular flexibility index (Phi) is 5.07. The first-order valence-corrected chi connectivity index (χ1v) is 9.82. The minimum Gasteiger partial charge on any atom is -0.497 e. The van der Waals surface area contributed by atoms with Crippen molar-refractivity contribution in [3.63, 3.8) is 0 Å². The molecule has 1 aromatic heterocycles. The maximum Gasteiger partial charge on any atom is 0.323 e. The third-order valence-corrected chi connectivity index (χ3v) is 5.61. The van der Waals surface area contributed by atoms with Gasteiger partial charge in [-0.3, -0.25) is 5.32 Å². The molecule has 0 saturated carbocycles. The molecule has 1 aliphatic rings. The molecule has 1 fully saturated rings. The molecule has 138 valence electrons. The van der Waals surface area contributed by atoms with Gasteiger partial charge < -0.3 is 9.64 Å². The molecule has 6 heteroatoms. The maximum atomic E-state index is 12.6. The topological polar surface area (TPSA) is 54.5 Å². The van der Waals surface area contributed by atoms with E-state index < -0.39 is 0 Å². The second-order valence-electron chi connectivity index (χ2n) is 6.54. The van der Waals surface area contributed by atoms with E-state index in [9.17, 15) is 4.79 Å². The summed E-state index contributed by atoms with van der Waals surface area (Å²) in [7, 11) is 1.67. The molecule has 0 aliphatic carbocycles. The second kappa shape index (κ2) is 7.80. The van der Waals surface area contributed by atoms with Gasteiger partial charge in [0.05, 0.1) is 12.8 Å². The minimum absolute atomic E-state index is 0.0834. The van der Waals surface area contributed by atoms with Crippen molar-refractivity contribution in [1.29, 1.82) is 0 Å². The lowest BCUT2D eigenvalue weighted by Crippen LogP contribution is -2.32. The summed E-state index contributed by atoms with van der Waals surface area (Å²) in [6.45, 7) is 1.47. The van der Waals surface area contributed by atoms with E-state index in [1.807, 2.05) is 52.7 Å². The number of thiazole rings is 1. The van der Waals surface area contributed by atoms with Crippen LogP contribution in [-0.4, -0.2) is 36.1 Å². The quantitative estimate of drug-likeness (QED) is 0.706. The van der Waals surface area contributed by atoms with Crippen molar-refractivity contribution < 1.29 is 9.53 Å². The van der Waals surface area contributed by atoms with E-state index in [1.165, 1.54) is 16.9 Å². The van der Waals surface area contributed by atoms with E-state index in [-0.39, 0.29) is 6.03 Å². The second-order valence-corrected chi connectivity index (χ2v) is 7.40. The molecule has 1 atom stereocenters. The summed E-state index contributed by atoms with van der Waals surface area (Å²) in [5.41, 5.74) is 3.18. The molecule has 27 heavy (non-hydrogen) atoms. The molecule has 1 unspecified atom stereocenters. The van der Waals surface area contributed by atoms with Crippen molar-refractivity contribution in [2.75, 3.05) is 25.5 Å². The molecule has 2 aromatic carbocycles. The average molecular weight is 379 g/mol. The van der Waals surface area contributed by atoms with Gasteiger partial charge in [0.1, 0.15) is 5.75 Å². The molecule has 2 heterocycles. The highest BCUT2D eigenvalue weighted by Gasteiger charge is 2.27. The van der Waals surface area contributed by atoms with Crippen LogP contribution in [0.3, 0.4) is 0 Å². The molecule has 0 radical (unpaired) electrons. The Morgan fingerprint density at radius 2 is 1.96 bits per heavy atom. The number of nitrogens with zero attached hydrogens (tertiary/aromatic N) is 2. The van der Waals surface area contributed by atoms with Gasteiger partial charge in [0.25, 0.3) is 0 Å². The molecule has 3 aromatic rings. The summed E-state index contributed by atoms with van der Waals surface area (Å²) in [5, 5.41) is 5.54. The number of carbonyl (C=O) groups excluding carboxylic acids is 1. The Labute approximate surface area is 162 Å². The van der Waals surface area contributed by atoms with Gasteiger partial charge in [-0.05, 0) is 24.1 Å². The summed E-state index contributed by atoms with van der Waals surface area (Å²) >= 11 is 1.45. The average Bonchev–Trinajstić information content (AvgIpc) is 3.39. The number of nitrogens with one attached hydrogen (secondary N) is 1. The number of rotatable bonds is 4. The van der Waals surface area contributed by atoms with E-state index in [1.54, 1.807) is 7.11 Å². The summed E-state index contributed by atoms with van der Waals surface area (Å²) in [6, 6.07) is 18.0. The van der Waals surface area contributed by atoms with E-state index in [0.717, 1.165) is 36.5 Å². The fourth-order valence-electron chi connectivity index (χ4n) is 3.34. The molecule has 1 aliphatic heterocycles. The number of hydrogen-bond donors (Lipinski definition) is 1. The van der Waals surface area contributed by atoms with Gasteiger partial charge in [0.15, 0.2) is 5.13 Å². The fourth-order valence-corrected chi connectivity index (χ4v) is 4.05. The van der Waals surface area contributed by atoms with Gasteiger partial charge in [-0.1, -0.05) is 42.5 Å². The van der Waals surface area contributed by atoms with Crippen molar-refractivity contribution in [3.05, 3.63) is 65.5 Å². The highest BCUT2D eigenvalue weighted by Crippen LogP contribution is 2.30. The van der Waals surface area contributed by atoms with E-state index in [4.69, 9.17) is 4.74 Å². The molecule has 0 spiro atoms. The third-order valence-electron chi connectivity index (χ3n) is 4.85. The van der Waals surface area contributed by atoms with Crippen LogP contribution in [0.5, 0.6) is 5.75 Å². The van der Waals surface area contributed by atoms with E-state index in [2.05, 4.69) is 22.4 Å². The lowest BCUT2D eigenvalue weighted by atomic mass is 9.98. The minimum atomic E-state index is -0.0834. The van der Waals surface area contributed by atoms with Crippen LogP contribution in [-0.2, 0) is 0 Å². The third kappa shape index (κ3) is 3.95. The molecule has 1 N–H and O–H groups in total. The summed E-state index contributed by atoms with van der Waals surface area (Å²) < 4.78 is 5.21. The highest BCUT2D eigenvalue weighted by atomic mass is 32.1. The summed E-state index contributed by atoms with van der Waals surface area (Å²) in [5.74, 6) is 1.21. The lowest BCUT2D eigenvalue weighted by Gasteiger charge is -2.16. The van der Waals surface area contributed by atoms with Crippen LogP contribution in [0, 0.1) is 0 Å². The van der Waals surface area contributed by atoms with Crippen LogP contribution >= 0.6 is 11.3 Å². The number of likely N-dealkylation sites (tertiary alicyclic amines) is 1. The Bertz CT molecular complexity index is 909. The Hall–Kier alpha value is -2.86. The van der Waals surface area contributed by atoms with Crippen molar-refractivity contribution in [2.24, 2.45) is 0 Å². The van der Waals surface area contributed by atoms with Gasteiger partial charge >= 0.3 is 6.03 Å². The predicted octanol–water partition coefficient (Wildman–Crippen LogP) is 4.84. The largest absolute Gasteiger partial charge is 0.497 e. The van der Waals surface area contributed by atoms with E-state index >= 15 is 0 Å². The summed E-state index contributed by atoms with van der Waals surface area (Å²) in [4.78, 5) is 19.0. The van der Waals surface area contributed by atoms with Crippen LogP contribution < -0.4 is 10.1 Å². The van der Waals surface area contributed by atoms with Crippen LogP contribution in [0.4, 0.5) is 9.93 Å². The first kappa shape index (κ1) is 17.5. The molecule has 4 rings (SSSR count). The monoisotopic (exact) mass is 379 g/mol. The van der Waals surface area contributed by atoms with Gasteiger partial charge in [-0.2, -0.15) is 0 Å². The molecule has 0 bridgehead atoms. The standard InChI is InChI=1S/C21H21N3O2S/c1-26-18-9-7-15(8-10-18)17-11-12-24(13-17)21(25)23-20-22-19(14-27-20)16-5-3-2-4-6-16/h2-10,14,17H,11-13H2,1H3,(H,22,23,25). The van der Waals surface area contributed by atoms with Crippen molar-refractivity contribution in [2.45, 2.75) is 12.3 Å². The van der Waals surface area contributed by atoms with E-state index in [0.29, 0.717) is 11.0 Å². The molecular formula is C21H21N3O2S. The number of urea groups is 1. The van der Waals surface area contributed by atoms with Gasteiger partial charge in [-0.25, -0.2) is 9.78 Å². The van der Waals surface area contributed by atoms with Crippen molar-refractivity contribution in [3.8, 4) is 17.0 Å². The normalized spacial score (nSPS) is 16.3. The number of hydrogen-bond acceptors (Lipinski definition) is 4. The van der Waals surface area contributed by atoms with Crippen LogP contribution in [0.25, 0.3) is 11.3 Å². The van der Waals surface area contributed by atoms with Crippen molar-refractivity contribution in [1.82, 2.24) is 9.88 Å². The Morgan fingerprint density at radius 3 is 2.70 bits per heavy atom. The zero-order valence-corrected chi connectivity index (χ0v) is 15.9. The Morgan fingerprint density at radius 1 is 1.19 bits per heavy atom. The first-order chi connectivity index (χ1) is 13.2. The molecule has 5 nitrogen and oxygen atoms in total. The summed E-state index contributed by atoms with van der Waals surface area (Å²) in [6.07, 6.45) is 0.965. The molecule has 1 saturated heterocycles. The number of anilines is 1. The zero-order valence-electron chi connectivity index (χ0n) is 15.1. The number of ether oxygens (including phenoxy) is 1. The maximum absolute atomic E-state index is 12.6. The SMILES string of the molecule is COc1ccc(C2CCN(C(=O)Nc3nc(-c4ccccc4)cs3)C2)cc1. The highest BCUT2D eigenvalue weighted by molar-refractivity contribution is 7.14. The lowest BCUT2D eigenvalue weighted by molar-refractivity contribution is 0.222. The smallest absolute Gasteiger partial charge is 0.323 e.